The smallest absolute Gasteiger partial charge is 0.229 e. The van der Waals surface area contributed by atoms with Crippen LogP contribution in [0.3, 0.4) is 0 Å². The second-order valence-electron chi connectivity index (χ2n) is 7.09. The molecule has 2 aliphatic carbocycles. The summed E-state index contributed by atoms with van der Waals surface area (Å²) in [7, 11) is -3.11. The molecule has 2 aliphatic rings. The molecule has 3 N–H and O–H groups in total. The summed E-state index contributed by atoms with van der Waals surface area (Å²) in [6.45, 7) is 1.84. The zero-order valence-electron chi connectivity index (χ0n) is 13.6. The molecule has 0 radical (unpaired) electrons. The molecule has 0 saturated heterocycles. The van der Waals surface area contributed by atoms with Crippen LogP contribution < -0.4 is 11.1 Å². The molecule has 1 aromatic rings. The maximum atomic E-state index is 12.7. The average Bonchev–Trinajstić information content (AvgIpc) is 3.02. The van der Waals surface area contributed by atoms with Gasteiger partial charge in [0.05, 0.1) is 11.7 Å². The lowest BCUT2D eigenvalue weighted by Gasteiger charge is -2.27. The van der Waals surface area contributed by atoms with Crippen LogP contribution >= 0.6 is 0 Å². The molecular formula is C17H24N2O3S. The highest BCUT2D eigenvalue weighted by molar-refractivity contribution is 7.89. The minimum atomic E-state index is -3.11. The summed E-state index contributed by atoms with van der Waals surface area (Å²) in [6.07, 6.45) is 4.50. The van der Waals surface area contributed by atoms with Gasteiger partial charge in [-0.25, -0.2) is 8.42 Å². The predicted molar refractivity (Wildman–Crippen MR) is 90.7 cm³/mol. The van der Waals surface area contributed by atoms with Gasteiger partial charge in [-0.05, 0) is 55.2 Å². The van der Waals surface area contributed by atoms with Gasteiger partial charge in [0.2, 0.25) is 5.91 Å². The third kappa shape index (κ3) is 3.28. The zero-order chi connectivity index (χ0) is 16.8. The first-order valence-electron chi connectivity index (χ1n) is 8.09. The number of nitrogens with two attached hydrogens (primary N) is 1. The van der Waals surface area contributed by atoms with E-state index in [1.54, 1.807) is 12.1 Å². The molecule has 5 nitrogen and oxygen atoms in total. The van der Waals surface area contributed by atoms with Gasteiger partial charge in [0.1, 0.15) is 0 Å². The van der Waals surface area contributed by atoms with E-state index >= 15 is 0 Å². The molecule has 0 aliphatic heterocycles. The van der Waals surface area contributed by atoms with Crippen molar-refractivity contribution >= 4 is 21.4 Å². The Morgan fingerprint density at radius 2 is 2.00 bits per heavy atom. The molecule has 1 aromatic carbocycles. The van der Waals surface area contributed by atoms with Gasteiger partial charge in [-0.3, -0.25) is 4.79 Å². The van der Waals surface area contributed by atoms with Crippen molar-refractivity contribution in [2.75, 3.05) is 11.6 Å². The molecule has 4 unspecified atom stereocenters. The molecule has 23 heavy (non-hydrogen) atoms. The number of rotatable bonds is 4. The van der Waals surface area contributed by atoms with Gasteiger partial charge in [0.25, 0.3) is 0 Å². The summed E-state index contributed by atoms with van der Waals surface area (Å²) in [5, 5.41) is 2.98. The lowest BCUT2D eigenvalue weighted by atomic mass is 9.84. The highest BCUT2D eigenvalue weighted by atomic mass is 32.2. The van der Waals surface area contributed by atoms with E-state index in [4.69, 9.17) is 5.73 Å². The second-order valence-corrected chi connectivity index (χ2v) is 9.23. The Hall–Kier alpha value is -1.40. The van der Waals surface area contributed by atoms with E-state index in [9.17, 15) is 13.2 Å². The fraction of sp³-hybridized carbons (Fsp3) is 0.588. The quantitative estimate of drug-likeness (QED) is 0.878. The summed E-state index contributed by atoms with van der Waals surface area (Å²) in [5.41, 5.74) is 8.45. The van der Waals surface area contributed by atoms with Crippen molar-refractivity contribution in [2.24, 2.45) is 23.5 Å². The summed E-state index contributed by atoms with van der Waals surface area (Å²) in [4.78, 5) is 12.7. The van der Waals surface area contributed by atoms with Crippen LogP contribution in [0, 0.1) is 24.7 Å². The summed E-state index contributed by atoms with van der Waals surface area (Å²) in [5.74, 6) is 0.717. The lowest BCUT2D eigenvalue weighted by Crippen LogP contribution is -2.42. The van der Waals surface area contributed by atoms with Gasteiger partial charge >= 0.3 is 0 Å². The number of anilines is 1. The van der Waals surface area contributed by atoms with E-state index in [-0.39, 0.29) is 23.6 Å². The Labute approximate surface area is 137 Å². The van der Waals surface area contributed by atoms with Crippen molar-refractivity contribution in [1.29, 1.82) is 0 Å². The lowest BCUT2D eigenvalue weighted by molar-refractivity contribution is -0.121. The van der Waals surface area contributed by atoms with Crippen LogP contribution in [0.1, 0.15) is 30.4 Å². The number of fused-ring (bicyclic) bond motifs is 2. The molecule has 3 rings (SSSR count). The van der Waals surface area contributed by atoms with Gasteiger partial charge in [-0.15, -0.1) is 0 Å². The molecule has 2 fully saturated rings. The fourth-order valence-corrected chi connectivity index (χ4v) is 5.08. The number of carbonyl (C=O) groups is 1. The maximum Gasteiger partial charge on any atom is 0.229 e. The van der Waals surface area contributed by atoms with E-state index in [1.807, 2.05) is 13.0 Å². The van der Waals surface area contributed by atoms with Crippen molar-refractivity contribution in [1.82, 2.24) is 0 Å². The molecule has 1 amide bonds. The first-order chi connectivity index (χ1) is 10.8. The van der Waals surface area contributed by atoms with E-state index in [0.29, 0.717) is 17.5 Å². The normalized spacial score (nSPS) is 29.7. The van der Waals surface area contributed by atoms with Crippen molar-refractivity contribution in [2.45, 2.75) is 38.0 Å². The van der Waals surface area contributed by atoms with E-state index in [0.717, 1.165) is 30.4 Å². The molecule has 0 aromatic heterocycles. The summed E-state index contributed by atoms with van der Waals surface area (Å²) >= 11 is 0. The Morgan fingerprint density at radius 1 is 1.30 bits per heavy atom. The molecule has 126 valence electrons. The van der Waals surface area contributed by atoms with Crippen molar-refractivity contribution in [3.05, 3.63) is 29.3 Å². The van der Waals surface area contributed by atoms with Crippen LogP contribution in [0.4, 0.5) is 5.69 Å². The molecule has 6 heteroatoms. The van der Waals surface area contributed by atoms with Crippen LogP contribution in [0.25, 0.3) is 0 Å². The molecular weight excluding hydrogens is 312 g/mol. The van der Waals surface area contributed by atoms with Crippen molar-refractivity contribution in [3.8, 4) is 0 Å². The van der Waals surface area contributed by atoms with Gasteiger partial charge in [-0.2, -0.15) is 0 Å². The predicted octanol–water partition coefficient (Wildman–Crippen LogP) is 1.85. The minimum Gasteiger partial charge on any atom is -0.327 e. The Morgan fingerprint density at radius 3 is 2.61 bits per heavy atom. The van der Waals surface area contributed by atoms with Crippen molar-refractivity contribution in [3.63, 3.8) is 0 Å². The van der Waals surface area contributed by atoms with E-state index < -0.39 is 9.84 Å². The van der Waals surface area contributed by atoms with Gasteiger partial charge in [0, 0.05) is 18.0 Å². The Bertz CT molecular complexity index is 727. The molecule has 4 atom stereocenters. The molecule has 0 spiro atoms. The minimum absolute atomic E-state index is 0.0177. The maximum absolute atomic E-state index is 12.7. The first-order valence-corrected chi connectivity index (χ1v) is 10.1. The van der Waals surface area contributed by atoms with Crippen LogP contribution in [-0.4, -0.2) is 26.6 Å². The SMILES string of the molecule is Cc1c(CS(C)(=O)=O)cccc1NC(=O)C1C2CCC(C2)C1N. The third-order valence-electron chi connectivity index (χ3n) is 5.40. The number of benzene rings is 1. The molecule has 2 bridgehead atoms. The number of sulfone groups is 1. The zero-order valence-corrected chi connectivity index (χ0v) is 14.4. The summed E-state index contributed by atoms with van der Waals surface area (Å²) < 4.78 is 23.0. The number of carbonyl (C=O) groups excluding carboxylic acids is 1. The molecule has 2 saturated carbocycles. The Balaban J connectivity index is 1.78. The molecule has 0 heterocycles. The van der Waals surface area contributed by atoms with Gasteiger partial charge in [0.15, 0.2) is 9.84 Å². The van der Waals surface area contributed by atoms with E-state index in [2.05, 4.69) is 5.32 Å². The van der Waals surface area contributed by atoms with Crippen LogP contribution in [-0.2, 0) is 20.4 Å². The highest BCUT2D eigenvalue weighted by Crippen LogP contribution is 2.48. The Kier molecular flexibility index (Phi) is 4.23. The average molecular weight is 336 g/mol. The standard InChI is InChI=1S/C17H24N2O3S/c1-10-13(9-23(2,21)22)4-3-5-14(10)19-17(20)15-11-6-7-12(8-11)16(15)18/h3-5,11-12,15-16H,6-9,18H2,1-2H3,(H,19,20). The topological polar surface area (TPSA) is 89.3 Å². The number of amides is 1. The highest BCUT2D eigenvalue weighted by Gasteiger charge is 2.49. The monoisotopic (exact) mass is 336 g/mol. The number of hydrogen-bond acceptors (Lipinski definition) is 4. The summed E-state index contributed by atoms with van der Waals surface area (Å²) in [6, 6.07) is 5.34. The largest absolute Gasteiger partial charge is 0.327 e. The third-order valence-corrected chi connectivity index (χ3v) is 6.24. The first kappa shape index (κ1) is 16.5. The van der Waals surface area contributed by atoms with Crippen LogP contribution in [0.5, 0.6) is 0 Å². The van der Waals surface area contributed by atoms with Gasteiger partial charge < -0.3 is 11.1 Å². The van der Waals surface area contributed by atoms with Crippen LogP contribution in [0.15, 0.2) is 18.2 Å². The van der Waals surface area contributed by atoms with Crippen molar-refractivity contribution < 1.29 is 13.2 Å². The van der Waals surface area contributed by atoms with Gasteiger partial charge in [-0.1, -0.05) is 12.1 Å². The fourth-order valence-electron chi connectivity index (χ4n) is 4.20. The van der Waals surface area contributed by atoms with Crippen LogP contribution in [0.2, 0.25) is 0 Å². The number of nitrogens with one attached hydrogen (secondary N) is 1. The number of hydrogen-bond donors (Lipinski definition) is 2. The second kappa shape index (κ2) is 5.91. The van der Waals surface area contributed by atoms with E-state index in [1.165, 1.54) is 6.26 Å².